The minimum Gasteiger partial charge on any atom is -0.286 e. The summed E-state index contributed by atoms with van der Waals surface area (Å²) >= 11 is 6.85. The Labute approximate surface area is 158 Å². The van der Waals surface area contributed by atoms with Crippen molar-refractivity contribution < 1.29 is 4.79 Å². The Balaban J connectivity index is 1.83. The number of carbonyl (C=O) groups excluding carboxylic acids is 1. The lowest BCUT2D eigenvalue weighted by molar-refractivity contribution is -0.123. The van der Waals surface area contributed by atoms with E-state index in [0.717, 1.165) is 11.1 Å². The van der Waals surface area contributed by atoms with Gasteiger partial charge in [0.1, 0.15) is 4.32 Å². The number of nitrogens with zero attached hydrogens (tertiary/aromatic N) is 1. The smallest absolute Gasteiger partial charge is 0.266 e. The summed E-state index contributed by atoms with van der Waals surface area (Å²) in [6, 6.07) is 18.3. The standard InChI is InChI=1S/C21H21NOS2/c1-14(2)17-11-9-16(10-12-17)13-19-20(23)22(21(24)25-19)15(3)18-7-5-4-6-8-18/h4-15H,1-3H3/b19-13-/t15-/m0/s1. The second kappa shape index (κ2) is 7.54. The van der Waals surface area contributed by atoms with Crippen molar-refractivity contribution in [1.82, 2.24) is 4.90 Å². The molecule has 1 aliphatic rings. The third kappa shape index (κ3) is 3.86. The maximum atomic E-state index is 12.9. The molecule has 1 fully saturated rings. The number of rotatable bonds is 4. The van der Waals surface area contributed by atoms with Gasteiger partial charge in [0.25, 0.3) is 5.91 Å². The van der Waals surface area contributed by atoms with E-state index in [1.807, 2.05) is 43.3 Å². The van der Waals surface area contributed by atoms with Crippen molar-refractivity contribution in [2.24, 2.45) is 0 Å². The Morgan fingerprint density at radius 3 is 2.20 bits per heavy atom. The van der Waals surface area contributed by atoms with Crippen molar-refractivity contribution in [2.45, 2.75) is 32.7 Å². The summed E-state index contributed by atoms with van der Waals surface area (Å²) in [4.78, 5) is 15.3. The number of thioether (sulfide) groups is 1. The summed E-state index contributed by atoms with van der Waals surface area (Å²) in [5.74, 6) is 0.485. The zero-order valence-corrected chi connectivity index (χ0v) is 16.2. The average Bonchev–Trinajstić information content (AvgIpc) is 2.89. The molecule has 3 rings (SSSR count). The van der Waals surface area contributed by atoms with Crippen molar-refractivity contribution in [3.63, 3.8) is 0 Å². The fourth-order valence-corrected chi connectivity index (χ4v) is 4.24. The quantitative estimate of drug-likeness (QED) is 0.505. The van der Waals surface area contributed by atoms with Gasteiger partial charge in [-0.25, -0.2) is 0 Å². The maximum absolute atomic E-state index is 12.9. The molecule has 0 N–H and O–H groups in total. The molecule has 0 aromatic heterocycles. The topological polar surface area (TPSA) is 20.3 Å². The Kier molecular flexibility index (Phi) is 5.40. The Morgan fingerprint density at radius 2 is 1.60 bits per heavy atom. The first-order valence-electron chi connectivity index (χ1n) is 8.39. The van der Waals surface area contributed by atoms with Crippen LogP contribution in [0.2, 0.25) is 0 Å². The first-order chi connectivity index (χ1) is 12.0. The van der Waals surface area contributed by atoms with E-state index in [9.17, 15) is 4.79 Å². The van der Waals surface area contributed by atoms with Gasteiger partial charge in [-0.2, -0.15) is 0 Å². The van der Waals surface area contributed by atoms with Gasteiger partial charge in [-0.3, -0.25) is 9.69 Å². The summed E-state index contributed by atoms with van der Waals surface area (Å²) < 4.78 is 0.617. The molecule has 0 spiro atoms. The zero-order chi connectivity index (χ0) is 18.0. The van der Waals surface area contributed by atoms with Gasteiger partial charge in [-0.15, -0.1) is 0 Å². The fourth-order valence-electron chi connectivity index (χ4n) is 2.82. The lowest BCUT2D eigenvalue weighted by atomic mass is 10.0. The molecule has 1 amide bonds. The highest BCUT2D eigenvalue weighted by Gasteiger charge is 2.35. The van der Waals surface area contributed by atoms with E-state index in [2.05, 4.69) is 38.1 Å². The minimum atomic E-state index is -0.0667. The number of benzene rings is 2. The minimum absolute atomic E-state index is 0.0145. The van der Waals surface area contributed by atoms with Crippen molar-refractivity contribution in [3.8, 4) is 0 Å². The molecule has 0 aliphatic carbocycles. The van der Waals surface area contributed by atoms with Gasteiger partial charge < -0.3 is 0 Å². The lowest BCUT2D eigenvalue weighted by Gasteiger charge is -2.23. The molecular formula is C21H21NOS2. The van der Waals surface area contributed by atoms with Gasteiger partial charge in [0.05, 0.1) is 10.9 Å². The third-order valence-electron chi connectivity index (χ3n) is 4.39. The van der Waals surface area contributed by atoms with Gasteiger partial charge in [-0.1, -0.05) is 92.4 Å². The third-order valence-corrected chi connectivity index (χ3v) is 5.72. The fraction of sp³-hybridized carbons (Fsp3) is 0.238. The maximum Gasteiger partial charge on any atom is 0.266 e. The lowest BCUT2D eigenvalue weighted by Crippen LogP contribution is -2.30. The van der Waals surface area contributed by atoms with Gasteiger partial charge >= 0.3 is 0 Å². The highest BCUT2D eigenvalue weighted by molar-refractivity contribution is 8.26. The number of hydrogen-bond acceptors (Lipinski definition) is 3. The van der Waals surface area contributed by atoms with Gasteiger partial charge in [-0.05, 0) is 35.6 Å². The average molecular weight is 368 g/mol. The molecule has 0 radical (unpaired) electrons. The van der Waals surface area contributed by atoms with Crippen LogP contribution >= 0.6 is 24.0 Å². The van der Waals surface area contributed by atoms with Crippen LogP contribution in [-0.2, 0) is 4.79 Å². The van der Waals surface area contributed by atoms with E-state index in [1.54, 1.807) is 4.90 Å². The highest BCUT2D eigenvalue weighted by Crippen LogP contribution is 2.38. The van der Waals surface area contributed by atoms with Crippen molar-refractivity contribution in [3.05, 3.63) is 76.2 Å². The van der Waals surface area contributed by atoms with Crippen LogP contribution in [0.3, 0.4) is 0 Å². The molecule has 25 heavy (non-hydrogen) atoms. The van der Waals surface area contributed by atoms with E-state index in [1.165, 1.54) is 17.3 Å². The van der Waals surface area contributed by atoms with E-state index in [0.29, 0.717) is 15.1 Å². The van der Waals surface area contributed by atoms with Gasteiger partial charge in [0.15, 0.2) is 0 Å². The highest BCUT2D eigenvalue weighted by atomic mass is 32.2. The Bertz CT molecular complexity index is 810. The summed E-state index contributed by atoms with van der Waals surface area (Å²) in [7, 11) is 0. The Hall–Kier alpha value is -1.91. The molecular weight excluding hydrogens is 346 g/mol. The number of hydrogen-bond donors (Lipinski definition) is 0. The first-order valence-corrected chi connectivity index (χ1v) is 9.62. The number of amides is 1. The molecule has 2 aromatic rings. The molecule has 1 saturated heterocycles. The van der Waals surface area contributed by atoms with Crippen LogP contribution in [-0.4, -0.2) is 15.1 Å². The monoisotopic (exact) mass is 367 g/mol. The Morgan fingerprint density at radius 1 is 0.960 bits per heavy atom. The molecule has 0 saturated carbocycles. The van der Waals surface area contributed by atoms with Gasteiger partial charge in [0, 0.05) is 0 Å². The van der Waals surface area contributed by atoms with E-state index >= 15 is 0 Å². The molecule has 0 bridgehead atoms. The van der Waals surface area contributed by atoms with Crippen molar-refractivity contribution >= 4 is 40.3 Å². The largest absolute Gasteiger partial charge is 0.286 e. The van der Waals surface area contributed by atoms with E-state index in [-0.39, 0.29) is 11.9 Å². The molecule has 1 atom stereocenters. The first kappa shape index (κ1) is 17.9. The molecule has 2 aromatic carbocycles. The second-order valence-electron chi connectivity index (χ2n) is 6.46. The molecule has 0 unspecified atom stereocenters. The SMILES string of the molecule is CC(C)c1ccc(/C=C2\SC(=S)N([C@@H](C)c3ccccc3)C2=O)cc1. The van der Waals surface area contributed by atoms with Crippen LogP contribution in [0.25, 0.3) is 6.08 Å². The van der Waals surface area contributed by atoms with Crippen LogP contribution in [0.5, 0.6) is 0 Å². The molecule has 4 heteroatoms. The second-order valence-corrected chi connectivity index (χ2v) is 8.14. The molecule has 1 heterocycles. The molecule has 128 valence electrons. The van der Waals surface area contributed by atoms with Crippen LogP contribution in [0.15, 0.2) is 59.5 Å². The van der Waals surface area contributed by atoms with E-state index < -0.39 is 0 Å². The normalized spacial score (nSPS) is 17.6. The number of thiocarbonyl (C=S) groups is 1. The van der Waals surface area contributed by atoms with Crippen molar-refractivity contribution in [1.29, 1.82) is 0 Å². The zero-order valence-electron chi connectivity index (χ0n) is 14.6. The van der Waals surface area contributed by atoms with Crippen LogP contribution < -0.4 is 0 Å². The summed E-state index contributed by atoms with van der Waals surface area (Å²) in [5, 5.41) is 0. The molecule has 1 aliphatic heterocycles. The summed E-state index contributed by atoms with van der Waals surface area (Å²) in [5.41, 5.74) is 3.40. The predicted molar refractivity (Wildman–Crippen MR) is 110 cm³/mol. The predicted octanol–water partition coefficient (Wildman–Crippen LogP) is 5.77. The van der Waals surface area contributed by atoms with Gasteiger partial charge in [0.2, 0.25) is 0 Å². The summed E-state index contributed by atoms with van der Waals surface area (Å²) in [6.45, 7) is 6.36. The number of carbonyl (C=O) groups is 1. The summed E-state index contributed by atoms with van der Waals surface area (Å²) in [6.07, 6.45) is 1.93. The van der Waals surface area contributed by atoms with Crippen molar-refractivity contribution in [2.75, 3.05) is 0 Å². The van der Waals surface area contributed by atoms with E-state index in [4.69, 9.17) is 12.2 Å². The molecule has 2 nitrogen and oxygen atoms in total. The van der Waals surface area contributed by atoms with Crippen LogP contribution in [0, 0.1) is 0 Å². The van der Waals surface area contributed by atoms with Crippen LogP contribution in [0.4, 0.5) is 0 Å². The van der Waals surface area contributed by atoms with Crippen LogP contribution in [0.1, 0.15) is 49.4 Å².